The number of halogens is 1. The molecule has 0 spiro atoms. The minimum absolute atomic E-state index is 0.385. The quantitative estimate of drug-likeness (QED) is 0.858. The Bertz CT molecular complexity index is 880. The summed E-state index contributed by atoms with van der Waals surface area (Å²) in [5.41, 5.74) is 3.04. The number of anilines is 2. The maximum atomic E-state index is 12.7. The molecular weight excluding hydrogens is 360 g/mol. The summed E-state index contributed by atoms with van der Waals surface area (Å²) in [5.74, 6) is -0.408. The fourth-order valence-electron chi connectivity index (χ4n) is 2.52. The van der Waals surface area contributed by atoms with Crippen LogP contribution in [0.2, 0.25) is 5.02 Å². The van der Waals surface area contributed by atoms with E-state index in [1.807, 2.05) is 26.0 Å². The van der Waals surface area contributed by atoms with E-state index in [9.17, 15) is 13.2 Å². The topological polar surface area (TPSA) is 66.5 Å². The van der Waals surface area contributed by atoms with E-state index >= 15 is 0 Å². The van der Waals surface area contributed by atoms with Gasteiger partial charge in [0.15, 0.2) is 0 Å². The van der Waals surface area contributed by atoms with Crippen molar-refractivity contribution in [3.05, 3.63) is 58.6 Å². The molecule has 0 aliphatic carbocycles. The molecule has 2 rings (SSSR count). The second-order valence-corrected chi connectivity index (χ2v) is 8.24. The molecule has 25 heavy (non-hydrogen) atoms. The number of carbonyl (C=O) groups is 1. The van der Waals surface area contributed by atoms with Crippen LogP contribution in [0.1, 0.15) is 18.1 Å². The van der Waals surface area contributed by atoms with Crippen molar-refractivity contribution in [3.63, 3.8) is 0 Å². The van der Waals surface area contributed by atoms with Crippen molar-refractivity contribution in [1.29, 1.82) is 0 Å². The van der Waals surface area contributed by atoms with Gasteiger partial charge in [-0.2, -0.15) is 0 Å². The van der Waals surface area contributed by atoms with Crippen LogP contribution in [0.5, 0.6) is 0 Å². The van der Waals surface area contributed by atoms with Crippen molar-refractivity contribution < 1.29 is 13.2 Å². The summed E-state index contributed by atoms with van der Waals surface area (Å²) in [6.07, 6.45) is 1.07. The van der Waals surface area contributed by atoms with Crippen LogP contribution >= 0.6 is 11.6 Å². The van der Waals surface area contributed by atoms with Gasteiger partial charge in [0.2, 0.25) is 15.9 Å². The molecule has 2 aromatic rings. The Hall–Kier alpha value is -2.05. The number of aryl methyl sites for hydroxylation is 1. The van der Waals surface area contributed by atoms with Crippen LogP contribution in [0.15, 0.2) is 42.5 Å². The summed E-state index contributed by atoms with van der Waals surface area (Å²) in [6, 6.07) is 11.0. The second-order valence-electron chi connectivity index (χ2n) is 5.95. The summed E-state index contributed by atoms with van der Waals surface area (Å²) >= 11 is 5.87. The summed E-state index contributed by atoms with van der Waals surface area (Å²) in [4.78, 5) is 12.7. The number of nitrogens with one attached hydrogen (secondary N) is 1. The number of sulfonamides is 1. The first-order valence-electron chi connectivity index (χ1n) is 7.73. The molecule has 0 bridgehead atoms. The van der Waals surface area contributed by atoms with Crippen LogP contribution in [-0.4, -0.2) is 26.6 Å². The molecule has 0 fully saturated rings. The van der Waals surface area contributed by atoms with E-state index in [1.54, 1.807) is 37.3 Å². The molecule has 1 amide bonds. The van der Waals surface area contributed by atoms with Gasteiger partial charge >= 0.3 is 0 Å². The Kier molecular flexibility index (Phi) is 5.75. The van der Waals surface area contributed by atoms with Gasteiger partial charge in [-0.05, 0) is 62.2 Å². The Morgan fingerprint density at radius 3 is 2.28 bits per heavy atom. The molecule has 2 aromatic carbocycles. The van der Waals surface area contributed by atoms with E-state index in [0.717, 1.165) is 21.7 Å². The molecule has 0 heterocycles. The second kappa shape index (κ2) is 7.45. The first-order valence-corrected chi connectivity index (χ1v) is 9.96. The summed E-state index contributed by atoms with van der Waals surface area (Å²) < 4.78 is 25.6. The smallest absolute Gasteiger partial charge is 0.248 e. The van der Waals surface area contributed by atoms with Crippen molar-refractivity contribution in [1.82, 2.24) is 0 Å². The molecule has 1 N–H and O–H groups in total. The van der Waals surface area contributed by atoms with Crippen LogP contribution in [0.3, 0.4) is 0 Å². The molecule has 0 aromatic heterocycles. The Labute approximate surface area is 153 Å². The van der Waals surface area contributed by atoms with Gasteiger partial charge in [-0.1, -0.05) is 23.7 Å². The highest BCUT2D eigenvalue weighted by Gasteiger charge is 2.29. The summed E-state index contributed by atoms with van der Waals surface area (Å²) in [5, 5.41) is 3.30. The van der Waals surface area contributed by atoms with Gasteiger partial charge in [-0.15, -0.1) is 0 Å². The molecule has 134 valence electrons. The number of nitrogens with zero attached hydrogens (tertiary/aromatic N) is 1. The third kappa shape index (κ3) is 4.52. The Balaban J connectivity index is 2.33. The third-order valence-corrected chi connectivity index (χ3v) is 5.53. The van der Waals surface area contributed by atoms with Crippen LogP contribution in [0.25, 0.3) is 0 Å². The zero-order valence-electron chi connectivity index (χ0n) is 14.6. The van der Waals surface area contributed by atoms with Gasteiger partial charge in [0.05, 0.1) is 11.9 Å². The van der Waals surface area contributed by atoms with Crippen molar-refractivity contribution in [2.24, 2.45) is 0 Å². The summed E-state index contributed by atoms with van der Waals surface area (Å²) in [7, 11) is -3.66. The highest BCUT2D eigenvalue weighted by Crippen LogP contribution is 2.24. The molecule has 5 nitrogen and oxygen atoms in total. The number of hydrogen-bond donors (Lipinski definition) is 1. The molecular formula is C18H21ClN2O3S. The lowest BCUT2D eigenvalue weighted by Gasteiger charge is -2.28. The first-order chi connectivity index (χ1) is 11.6. The Morgan fingerprint density at radius 2 is 1.72 bits per heavy atom. The predicted molar refractivity (Wildman–Crippen MR) is 103 cm³/mol. The highest BCUT2D eigenvalue weighted by molar-refractivity contribution is 7.92. The molecule has 0 radical (unpaired) electrons. The van der Waals surface area contributed by atoms with Crippen molar-refractivity contribution in [2.75, 3.05) is 15.9 Å². The van der Waals surface area contributed by atoms with Gasteiger partial charge in [-0.25, -0.2) is 8.42 Å². The fourth-order valence-corrected chi connectivity index (χ4v) is 3.82. The van der Waals surface area contributed by atoms with Gasteiger partial charge in [0.1, 0.15) is 6.04 Å². The molecule has 0 saturated carbocycles. The first kappa shape index (κ1) is 19.3. The van der Waals surface area contributed by atoms with E-state index in [1.165, 1.54) is 0 Å². The van der Waals surface area contributed by atoms with Crippen LogP contribution in [0.4, 0.5) is 11.4 Å². The lowest BCUT2D eigenvalue weighted by Crippen LogP contribution is -2.45. The maximum absolute atomic E-state index is 12.7. The van der Waals surface area contributed by atoms with Crippen molar-refractivity contribution >= 4 is 38.9 Å². The largest absolute Gasteiger partial charge is 0.324 e. The number of rotatable bonds is 5. The standard InChI is InChI=1S/C18H21ClN2O3S/c1-12-6-5-7-17(13(12)2)20-18(22)14(3)21(25(4,23)24)16-10-8-15(19)9-11-16/h5-11,14H,1-4H3,(H,20,22)/t14-/m0/s1. The predicted octanol–water partition coefficient (Wildman–Crippen LogP) is 3.75. The number of benzene rings is 2. The van der Waals surface area contributed by atoms with E-state index in [-0.39, 0.29) is 0 Å². The zero-order valence-corrected chi connectivity index (χ0v) is 16.1. The zero-order chi connectivity index (χ0) is 18.8. The fraction of sp³-hybridized carbons (Fsp3) is 0.278. The number of carbonyl (C=O) groups excluding carboxylic acids is 1. The molecule has 0 aliphatic rings. The van der Waals surface area contributed by atoms with Gasteiger partial charge < -0.3 is 5.32 Å². The number of hydrogen-bond acceptors (Lipinski definition) is 3. The van der Waals surface area contributed by atoms with E-state index in [0.29, 0.717) is 16.4 Å². The van der Waals surface area contributed by atoms with Gasteiger partial charge in [0.25, 0.3) is 0 Å². The SMILES string of the molecule is Cc1cccc(NC(=O)[C@H](C)N(c2ccc(Cl)cc2)S(C)(=O)=O)c1C. The normalized spacial score (nSPS) is 12.5. The summed E-state index contributed by atoms with van der Waals surface area (Å²) in [6.45, 7) is 5.41. The van der Waals surface area contributed by atoms with Crippen LogP contribution in [-0.2, 0) is 14.8 Å². The monoisotopic (exact) mass is 380 g/mol. The van der Waals surface area contributed by atoms with Crippen molar-refractivity contribution in [2.45, 2.75) is 26.8 Å². The van der Waals surface area contributed by atoms with Crippen molar-refractivity contribution in [3.8, 4) is 0 Å². The molecule has 1 atom stereocenters. The molecule has 0 unspecified atom stereocenters. The minimum Gasteiger partial charge on any atom is -0.324 e. The maximum Gasteiger partial charge on any atom is 0.248 e. The number of amides is 1. The average Bonchev–Trinajstić information content (AvgIpc) is 2.52. The Morgan fingerprint density at radius 1 is 1.12 bits per heavy atom. The molecule has 0 saturated heterocycles. The van der Waals surface area contributed by atoms with Crippen LogP contribution < -0.4 is 9.62 Å². The van der Waals surface area contributed by atoms with E-state index in [2.05, 4.69) is 5.32 Å². The average molecular weight is 381 g/mol. The minimum atomic E-state index is -3.66. The lowest BCUT2D eigenvalue weighted by molar-refractivity contribution is -0.116. The van der Waals surface area contributed by atoms with E-state index in [4.69, 9.17) is 11.6 Å². The third-order valence-electron chi connectivity index (χ3n) is 4.03. The highest BCUT2D eigenvalue weighted by atomic mass is 35.5. The lowest BCUT2D eigenvalue weighted by atomic mass is 10.1. The van der Waals surface area contributed by atoms with Gasteiger partial charge in [-0.3, -0.25) is 9.10 Å². The van der Waals surface area contributed by atoms with Crippen LogP contribution in [0, 0.1) is 13.8 Å². The molecule has 0 aliphatic heterocycles. The van der Waals surface area contributed by atoms with Gasteiger partial charge in [0, 0.05) is 10.7 Å². The molecule has 7 heteroatoms. The van der Waals surface area contributed by atoms with E-state index < -0.39 is 22.0 Å².